The molecule has 0 bridgehead atoms. The summed E-state index contributed by atoms with van der Waals surface area (Å²) in [6, 6.07) is 5.72. The molecule has 1 heterocycles. The summed E-state index contributed by atoms with van der Waals surface area (Å²) in [6.07, 6.45) is 1.78. The number of aliphatic hydroxyl groups is 1. The Balaban J connectivity index is 2.63. The molecule has 1 aromatic carbocycles. The predicted molar refractivity (Wildman–Crippen MR) is 76.7 cm³/mol. The Kier molecular flexibility index (Phi) is 3.89. The van der Waals surface area contributed by atoms with Crippen LogP contribution in [0.1, 0.15) is 0 Å². The molecule has 5 heteroatoms. The van der Waals surface area contributed by atoms with E-state index in [1.54, 1.807) is 6.20 Å². The first kappa shape index (κ1) is 12.9. The van der Waals surface area contributed by atoms with Crippen LogP contribution in [-0.2, 0) is 0 Å². The smallest absolute Gasteiger partial charge is 0.136 e. The van der Waals surface area contributed by atoms with Crippen molar-refractivity contribution in [2.24, 2.45) is 0 Å². The van der Waals surface area contributed by atoms with Crippen LogP contribution < -0.4 is 10.2 Å². The molecule has 0 aliphatic carbocycles. The summed E-state index contributed by atoms with van der Waals surface area (Å²) < 4.78 is 0. The van der Waals surface area contributed by atoms with Gasteiger partial charge in [0.1, 0.15) is 5.82 Å². The maximum atomic E-state index is 9.01. The highest BCUT2D eigenvalue weighted by atomic mass is 35.5. The van der Waals surface area contributed by atoms with Crippen LogP contribution in [-0.4, -0.2) is 37.3 Å². The number of aliphatic hydroxyl groups excluding tert-OH is 1. The fourth-order valence-electron chi connectivity index (χ4n) is 1.96. The molecule has 0 aliphatic heterocycles. The highest BCUT2D eigenvalue weighted by Gasteiger charge is 2.10. The molecule has 0 aliphatic rings. The molecule has 0 fully saturated rings. The third-order valence-electron chi connectivity index (χ3n) is 2.89. The summed E-state index contributed by atoms with van der Waals surface area (Å²) >= 11 is 6.04. The van der Waals surface area contributed by atoms with Gasteiger partial charge in [0.25, 0.3) is 0 Å². The zero-order chi connectivity index (χ0) is 13.1. The number of fused-ring (bicyclic) bond motifs is 1. The molecule has 0 atom stereocenters. The standard InChI is InChI=1S/C13H16ClN3O/c1-15-12-8-16-13(17(2)5-6-18)10-4-3-9(14)7-11(10)12/h3-4,7-8,15,18H,5-6H2,1-2H3. The van der Waals surface area contributed by atoms with Crippen molar-refractivity contribution in [3.05, 3.63) is 29.4 Å². The lowest BCUT2D eigenvalue weighted by atomic mass is 10.1. The maximum Gasteiger partial charge on any atom is 0.136 e. The zero-order valence-corrected chi connectivity index (χ0v) is 11.2. The van der Waals surface area contributed by atoms with E-state index in [1.807, 2.05) is 37.2 Å². The summed E-state index contributed by atoms with van der Waals surface area (Å²) in [5, 5.41) is 14.9. The van der Waals surface area contributed by atoms with Crippen LogP contribution in [0.4, 0.5) is 11.5 Å². The Labute approximate surface area is 111 Å². The van der Waals surface area contributed by atoms with E-state index >= 15 is 0 Å². The van der Waals surface area contributed by atoms with Crippen molar-refractivity contribution in [2.75, 3.05) is 37.5 Å². The van der Waals surface area contributed by atoms with Gasteiger partial charge in [0.15, 0.2) is 0 Å². The Bertz CT molecular complexity index is 559. The average molecular weight is 266 g/mol. The van der Waals surface area contributed by atoms with Gasteiger partial charge in [-0.1, -0.05) is 11.6 Å². The number of hydrogen-bond acceptors (Lipinski definition) is 4. The number of halogens is 1. The van der Waals surface area contributed by atoms with E-state index in [0.29, 0.717) is 11.6 Å². The molecule has 0 radical (unpaired) electrons. The van der Waals surface area contributed by atoms with Crippen molar-refractivity contribution >= 4 is 33.9 Å². The second kappa shape index (κ2) is 5.42. The monoisotopic (exact) mass is 265 g/mol. The fourth-order valence-corrected chi connectivity index (χ4v) is 2.13. The van der Waals surface area contributed by atoms with E-state index in [0.717, 1.165) is 22.3 Å². The molecule has 2 aromatic rings. The molecule has 0 saturated carbocycles. The summed E-state index contributed by atoms with van der Waals surface area (Å²) in [5.41, 5.74) is 0.939. The minimum Gasteiger partial charge on any atom is -0.395 e. The summed E-state index contributed by atoms with van der Waals surface area (Å²) in [6.45, 7) is 0.644. The second-order valence-electron chi connectivity index (χ2n) is 4.08. The first-order chi connectivity index (χ1) is 8.67. The van der Waals surface area contributed by atoms with Crippen molar-refractivity contribution in [1.82, 2.24) is 4.98 Å². The molecule has 1 aromatic heterocycles. The topological polar surface area (TPSA) is 48.4 Å². The van der Waals surface area contributed by atoms with E-state index in [-0.39, 0.29) is 6.61 Å². The Morgan fingerprint density at radius 3 is 2.83 bits per heavy atom. The highest BCUT2D eigenvalue weighted by Crippen LogP contribution is 2.31. The molecule has 0 spiro atoms. The van der Waals surface area contributed by atoms with Crippen LogP contribution in [0.2, 0.25) is 5.02 Å². The van der Waals surface area contributed by atoms with Gasteiger partial charge in [0, 0.05) is 36.4 Å². The average Bonchev–Trinajstić information content (AvgIpc) is 2.37. The molecule has 0 amide bonds. The molecule has 96 valence electrons. The molecule has 18 heavy (non-hydrogen) atoms. The van der Waals surface area contributed by atoms with E-state index in [4.69, 9.17) is 16.7 Å². The van der Waals surface area contributed by atoms with Crippen LogP contribution in [0.25, 0.3) is 10.8 Å². The quantitative estimate of drug-likeness (QED) is 0.891. The Hall–Kier alpha value is -1.52. The van der Waals surface area contributed by atoms with Gasteiger partial charge < -0.3 is 15.3 Å². The third kappa shape index (κ3) is 2.35. The number of nitrogens with one attached hydrogen (secondary N) is 1. The minimum absolute atomic E-state index is 0.0983. The summed E-state index contributed by atoms with van der Waals surface area (Å²) in [7, 11) is 3.76. The van der Waals surface area contributed by atoms with Gasteiger partial charge in [-0.05, 0) is 18.2 Å². The van der Waals surface area contributed by atoms with Crippen LogP contribution in [0, 0.1) is 0 Å². The molecule has 0 unspecified atom stereocenters. The van der Waals surface area contributed by atoms with Gasteiger partial charge in [-0.3, -0.25) is 0 Å². The molecule has 2 N–H and O–H groups in total. The second-order valence-corrected chi connectivity index (χ2v) is 4.52. The lowest BCUT2D eigenvalue weighted by molar-refractivity contribution is 0.304. The largest absolute Gasteiger partial charge is 0.395 e. The summed E-state index contributed by atoms with van der Waals surface area (Å²) in [4.78, 5) is 6.36. The maximum absolute atomic E-state index is 9.01. The van der Waals surface area contributed by atoms with E-state index in [1.165, 1.54) is 0 Å². The Morgan fingerprint density at radius 2 is 2.17 bits per heavy atom. The van der Waals surface area contributed by atoms with E-state index in [2.05, 4.69) is 10.3 Å². The Morgan fingerprint density at radius 1 is 1.39 bits per heavy atom. The van der Waals surface area contributed by atoms with Crippen molar-refractivity contribution in [2.45, 2.75) is 0 Å². The number of pyridine rings is 1. The normalized spacial score (nSPS) is 10.7. The number of likely N-dealkylation sites (N-methyl/N-ethyl adjacent to an activating group) is 1. The van der Waals surface area contributed by atoms with Crippen LogP contribution in [0.3, 0.4) is 0 Å². The zero-order valence-electron chi connectivity index (χ0n) is 10.4. The number of nitrogens with zero attached hydrogens (tertiary/aromatic N) is 2. The van der Waals surface area contributed by atoms with Gasteiger partial charge >= 0.3 is 0 Å². The molecule has 4 nitrogen and oxygen atoms in total. The van der Waals surface area contributed by atoms with Gasteiger partial charge in [-0.25, -0.2) is 4.98 Å². The predicted octanol–water partition coefficient (Wildman–Crippen LogP) is 2.36. The number of rotatable bonds is 4. The lowest BCUT2D eigenvalue weighted by Crippen LogP contribution is -2.22. The van der Waals surface area contributed by atoms with Crippen LogP contribution in [0.15, 0.2) is 24.4 Å². The number of benzene rings is 1. The third-order valence-corrected chi connectivity index (χ3v) is 3.13. The van der Waals surface area contributed by atoms with Crippen molar-refractivity contribution in [3.8, 4) is 0 Å². The SMILES string of the molecule is CNc1cnc(N(C)CCO)c2ccc(Cl)cc12. The van der Waals surface area contributed by atoms with E-state index in [9.17, 15) is 0 Å². The molecule has 0 saturated heterocycles. The minimum atomic E-state index is 0.0983. The lowest BCUT2D eigenvalue weighted by Gasteiger charge is -2.20. The van der Waals surface area contributed by atoms with Crippen LogP contribution in [0.5, 0.6) is 0 Å². The molecular formula is C13H16ClN3O. The first-order valence-electron chi connectivity index (χ1n) is 5.75. The fraction of sp³-hybridized carbons (Fsp3) is 0.308. The van der Waals surface area contributed by atoms with Gasteiger partial charge in [-0.2, -0.15) is 0 Å². The first-order valence-corrected chi connectivity index (χ1v) is 6.13. The van der Waals surface area contributed by atoms with E-state index < -0.39 is 0 Å². The van der Waals surface area contributed by atoms with Crippen molar-refractivity contribution in [3.63, 3.8) is 0 Å². The van der Waals surface area contributed by atoms with Crippen LogP contribution >= 0.6 is 11.6 Å². The van der Waals surface area contributed by atoms with Gasteiger partial charge in [-0.15, -0.1) is 0 Å². The number of aromatic nitrogens is 1. The van der Waals surface area contributed by atoms with Gasteiger partial charge in [0.2, 0.25) is 0 Å². The molecule has 2 rings (SSSR count). The highest BCUT2D eigenvalue weighted by molar-refractivity contribution is 6.31. The van der Waals surface area contributed by atoms with Crippen molar-refractivity contribution < 1.29 is 5.11 Å². The van der Waals surface area contributed by atoms with Crippen molar-refractivity contribution in [1.29, 1.82) is 0 Å². The van der Waals surface area contributed by atoms with Gasteiger partial charge in [0.05, 0.1) is 18.5 Å². The molecular weight excluding hydrogens is 250 g/mol. The number of hydrogen-bond donors (Lipinski definition) is 2. The summed E-state index contributed by atoms with van der Waals surface area (Å²) in [5.74, 6) is 0.842. The number of anilines is 2.